The number of hydrogen-bond acceptors (Lipinski definition) is 1. The largest absolute Gasteiger partial charge is 0.264 e. The van der Waals surface area contributed by atoms with Crippen molar-refractivity contribution in [2.45, 2.75) is 52.4 Å². The average molecular weight is 191 g/mol. The lowest BCUT2D eigenvalue weighted by atomic mass is 9.74. The maximum absolute atomic E-state index is 4.19. The highest BCUT2D eigenvalue weighted by Gasteiger charge is 2.26. The summed E-state index contributed by atoms with van der Waals surface area (Å²) in [6, 6.07) is 2.16. The lowest BCUT2D eigenvalue weighted by Gasteiger charge is -2.31. The van der Waals surface area contributed by atoms with Crippen LogP contribution in [0.2, 0.25) is 0 Å². The lowest BCUT2D eigenvalue weighted by molar-refractivity contribution is 0.430. The van der Waals surface area contributed by atoms with Crippen molar-refractivity contribution in [2.24, 2.45) is 0 Å². The molecule has 1 aliphatic carbocycles. The van der Waals surface area contributed by atoms with Gasteiger partial charge in [0.1, 0.15) is 0 Å². The van der Waals surface area contributed by atoms with Crippen LogP contribution in [-0.4, -0.2) is 4.98 Å². The van der Waals surface area contributed by atoms with Gasteiger partial charge in [-0.25, -0.2) is 0 Å². The van der Waals surface area contributed by atoms with Gasteiger partial charge in [-0.2, -0.15) is 0 Å². The van der Waals surface area contributed by atoms with Crippen LogP contribution in [0.25, 0.3) is 0 Å². The molecule has 1 aliphatic rings. The Morgan fingerprint density at radius 1 is 1.29 bits per heavy atom. The minimum absolute atomic E-state index is 0.349. The zero-order chi connectivity index (χ0) is 10.6. The Morgan fingerprint density at radius 3 is 2.64 bits per heavy atom. The van der Waals surface area contributed by atoms with Crippen LogP contribution in [0.5, 0.6) is 0 Å². The van der Waals surface area contributed by atoms with Crippen molar-refractivity contribution in [1.82, 2.24) is 4.98 Å². The zero-order valence-corrected chi connectivity index (χ0v) is 9.80. The Labute approximate surface area is 87.6 Å². The predicted molar refractivity (Wildman–Crippen MR) is 61.5 cm³/mol. The summed E-state index contributed by atoms with van der Waals surface area (Å²) in [5, 5.41) is 0. The van der Waals surface area contributed by atoms with Gasteiger partial charge in [0.05, 0.1) is 0 Å². The second kappa shape index (κ2) is 4.59. The van der Waals surface area contributed by atoms with Crippen LogP contribution in [0.15, 0.2) is 18.5 Å². The minimum Gasteiger partial charge on any atom is -0.264 e. The van der Waals surface area contributed by atoms with Gasteiger partial charge >= 0.3 is 0 Å². The maximum atomic E-state index is 4.19. The highest BCUT2D eigenvalue weighted by Crippen LogP contribution is 2.35. The highest BCUT2D eigenvalue weighted by atomic mass is 14.6. The first-order valence-corrected chi connectivity index (χ1v) is 5.63. The quantitative estimate of drug-likeness (QED) is 0.609. The Kier molecular flexibility index (Phi) is 3.68. The van der Waals surface area contributed by atoms with Crippen LogP contribution >= 0.6 is 0 Å². The van der Waals surface area contributed by atoms with Crippen LogP contribution in [0.3, 0.4) is 0 Å². The fourth-order valence-corrected chi connectivity index (χ4v) is 2.11. The summed E-state index contributed by atoms with van der Waals surface area (Å²) in [6.45, 7) is 8.62. The van der Waals surface area contributed by atoms with Crippen LogP contribution in [0.1, 0.15) is 51.7 Å². The molecule has 14 heavy (non-hydrogen) atoms. The number of aromatic nitrogens is 1. The van der Waals surface area contributed by atoms with Crippen molar-refractivity contribution >= 4 is 0 Å². The summed E-state index contributed by atoms with van der Waals surface area (Å²) in [5.74, 6) is 0. The van der Waals surface area contributed by atoms with E-state index in [1.54, 1.807) is 0 Å². The molecule has 1 aromatic heterocycles. The summed E-state index contributed by atoms with van der Waals surface area (Å²) in [7, 11) is 0. The standard InChI is InChI=1S/C11H15N.C2H6/c1-11(2)6-3-4-9-5-7-12-8-10(9)11;1-2/h5,7-8H,3-4,6H2,1-2H3;1-2H3. The third kappa shape index (κ3) is 2.14. The number of hydrogen-bond donors (Lipinski definition) is 0. The maximum Gasteiger partial charge on any atom is 0.0308 e. The van der Waals surface area contributed by atoms with E-state index >= 15 is 0 Å². The first-order valence-electron chi connectivity index (χ1n) is 5.63. The average Bonchev–Trinajstić information content (AvgIpc) is 2.21. The van der Waals surface area contributed by atoms with Crippen LogP contribution in [0.4, 0.5) is 0 Å². The van der Waals surface area contributed by atoms with E-state index in [1.165, 1.54) is 30.4 Å². The van der Waals surface area contributed by atoms with Gasteiger partial charge < -0.3 is 0 Å². The van der Waals surface area contributed by atoms with E-state index in [0.717, 1.165) is 0 Å². The summed E-state index contributed by atoms with van der Waals surface area (Å²) in [4.78, 5) is 4.19. The molecule has 0 atom stereocenters. The summed E-state index contributed by atoms with van der Waals surface area (Å²) < 4.78 is 0. The topological polar surface area (TPSA) is 12.9 Å². The molecule has 1 heteroatoms. The molecule has 0 fully saturated rings. The Bertz CT molecular complexity index is 289. The second-order valence-corrected chi connectivity index (χ2v) is 4.27. The molecule has 1 heterocycles. The molecular formula is C13H21N. The van der Waals surface area contributed by atoms with Gasteiger partial charge in [0, 0.05) is 12.4 Å². The van der Waals surface area contributed by atoms with E-state index < -0.39 is 0 Å². The molecule has 1 nitrogen and oxygen atoms in total. The van der Waals surface area contributed by atoms with Gasteiger partial charge in [0.15, 0.2) is 0 Å². The molecule has 0 spiro atoms. The van der Waals surface area contributed by atoms with E-state index in [2.05, 4.69) is 24.9 Å². The van der Waals surface area contributed by atoms with E-state index in [9.17, 15) is 0 Å². The monoisotopic (exact) mass is 191 g/mol. The van der Waals surface area contributed by atoms with Crippen molar-refractivity contribution < 1.29 is 0 Å². The second-order valence-electron chi connectivity index (χ2n) is 4.27. The van der Waals surface area contributed by atoms with Gasteiger partial charge in [0.2, 0.25) is 0 Å². The van der Waals surface area contributed by atoms with Crippen molar-refractivity contribution in [3.8, 4) is 0 Å². The minimum atomic E-state index is 0.349. The van der Waals surface area contributed by atoms with E-state index in [0.29, 0.717) is 5.41 Å². The van der Waals surface area contributed by atoms with Gasteiger partial charge in [-0.3, -0.25) is 4.98 Å². The lowest BCUT2D eigenvalue weighted by Crippen LogP contribution is -2.23. The van der Waals surface area contributed by atoms with E-state index in [1.807, 2.05) is 26.2 Å². The summed E-state index contributed by atoms with van der Waals surface area (Å²) in [5.41, 5.74) is 3.31. The molecule has 0 saturated carbocycles. The first-order chi connectivity index (χ1) is 6.70. The SMILES string of the molecule is CC.CC1(C)CCCc2ccncc21. The number of fused-ring (bicyclic) bond motifs is 1. The fourth-order valence-electron chi connectivity index (χ4n) is 2.11. The molecule has 2 rings (SSSR count). The number of pyridine rings is 1. The smallest absolute Gasteiger partial charge is 0.0308 e. The van der Waals surface area contributed by atoms with Crippen LogP contribution < -0.4 is 0 Å². The highest BCUT2D eigenvalue weighted by molar-refractivity contribution is 5.32. The van der Waals surface area contributed by atoms with Crippen molar-refractivity contribution in [3.63, 3.8) is 0 Å². The van der Waals surface area contributed by atoms with Crippen molar-refractivity contribution in [3.05, 3.63) is 29.6 Å². The number of nitrogens with zero attached hydrogens (tertiary/aromatic N) is 1. The normalized spacial score (nSPS) is 17.7. The predicted octanol–water partition coefficient (Wildman–Crippen LogP) is 3.72. The molecule has 0 amide bonds. The molecule has 0 aliphatic heterocycles. The van der Waals surface area contributed by atoms with Gasteiger partial charge in [0.25, 0.3) is 0 Å². The Balaban J connectivity index is 0.000000461. The molecule has 0 N–H and O–H groups in total. The molecule has 0 unspecified atom stereocenters. The molecule has 0 saturated heterocycles. The van der Waals surface area contributed by atoms with Gasteiger partial charge in [-0.1, -0.05) is 27.7 Å². The zero-order valence-electron chi connectivity index (χ0n) is 9.80. The Morgan fingerprint density at radius 2 is 2.00 bits per heavy atom. The molecular weight excluding hydrogens is 170 g/mol. The third-order valence-corrected chi connectivity index (χ3v) is 2.89. The molecule has 0 radical (unpaired) electrons. The van der Waals surface area contributed by atoms with Gasteiger partial charge in [-0.15, -0.1) is 0 Å². The summed E-state index contributed by atoms with van der Waals surface area (Å²) in [6.07, 6.45) is 7.80. The third-order valence-electron chi connectivity index (χ3n) is 2.89. The first kappa shape index (κ1) is 11.2. The van der Waals surface area contributed by atoms with Crippen molar-refractivity contribution in [2.75, 3.05) is 0 Å². The number of rotatable bonds is 0. The number of aryl methyl sites for hydroxylation is 1. The van der Waals surface area contributed by atoms with Crippen LogP contribution in [0, 0.1) is 0 Å². The molecule has 0 bridgehead atoms. The van der Waals surface area contributed by atoms with Crippen molar-refractivity contribution in [1.29, 1.82) is 0 Å². The molecule has 0 aromatic carbocycles. The molecule has 78 valence electrons. The van der Waals surface area contributed by atoms with Gasteiger partial charge in [-0.05, 0) is 41.9 Å². The molecule has 1 aromatic rings. The Hall–Kier alpha value is -0.850. The summed E-state index contributed by atoms with van der Waals surface area (Å²) >= 11 is 0. The van der Waals surface area contributed by atoms with Crippen LogP contribution in [-0.2, 0) is 11.8 Å². The van der Waals surface area contributed by atoms with E-state index in [-0.39, 0.29) is 0 Å². The van der Waals surface area contributed by atoms with E-state index in [4.69, 9.17) is 0 Å². The fraction of sp³-hybridized carbons (Fsp3) is 0.615.